The molecule has 0 spiro atoms. The first-order chi connectivity index (χ1) is 11.7. The molecule has 0 unspecified atom stereocenters. The van der Waals surface area contributed by atoms with Gasteiger partial charge >= 0.3 is 0 Å². The fraction of sp³-hybridized carbons (Fsp3) is 0.118. The fourth-order valence-corrected chi connectivity index (χ4v) is 2.54. The van der Waals surface area contributed by atoms with Gasteiger partial charge in [-0.3, -0.25) is 4.79 Å². The van der Waals surface area contributed by atoms with Crippen LogP contribution >= 0.6 is 11.8 Å². The summed E-state index contributed by atoms with van der Waals surface area (Å²) in [5, 5.41) is 8.02. The number of nitrogens with zero attached hydrogens (tertiary/aromatic N) is 2. The van der Waals surface area contributed by atoms with Gasteiger partial charge in [0.15, 0.2) is 12.4 Å². The van der Waals surface area contributed by atoms with Gasteiger partial charge in [-0.1, -0.05) is 42.1 Å². The Morgan fingerprint density at radius 2 is 1.83 bits per heavy atom. The molecule has 0 saturated heterocycles. The Labute approximate surface area is 141 Å². The first-order valence-corrected chi connectivity index (χ1v) is 8.11. The van der Waals surface area contributed by atoms with Crippen molar-refractivity contribution < 1.29 is 18.3 Å². The summed E-state index contributed by atoms with van der Waals surface area (Å²) >= 11 is 1.17. The molecule has 0 N–H and O–H groups in total. The Morgan fingerprint density at radius 3 is 2.58 bits per heavy atom. The number of benzene rings is 2. The van der Waals surface area contributed by atoms with E-state index >= 15 is 0 Å². The van der Waals surface area contributed by atoms with Crippen molar-refractivity contribution in [3.8, 4) is 5.75 Å². The van der Waals surface area contributed by atoms with E-state index in [0.29, 0.717) is 16.5 Å². The summed E-state index contributed by atoms with van der Waals surface area (Å²) in [6.45, 7) is 0.0752. The zero-order chi connectivity index (χ0) is 16.8. The lowest BCUT2D eigenvalue weighted by atomic mass is 10.2. The van der Waals surface area contributed by atoms with E-state index < -0.39 is 0 Å². The van der Waals surface area contributed by atoms with Crippen LogP contribution in [0.2, 0.25) is 0 Å². The summed E-state index contributed by atoms with van der Waals surface area (Å²) in [6, 6.07) is 14.6. The van der Waals surface area contributed by atoms with Gasteiger partial charge in [0.1, 0.15) is 11.6 Å². The number of carbonyl (C=O) groups is 1. The normalized spacial score (nSPS) is 10.5. The minimum absolute atomic E-state index is 0.0112. The number of Topliss-reactive ketones (excluding diaryl/α,β-unsaturated/α-hetero) is 1. The molecular weight excluding hydrogens is 331 g/mol. The molecule has 1 heterocycles. The topological polar surface area (TPSA) is 65.2 Å². The van der Waals surface area contributed by atoms with Gasteiger partial charge in [0.05, 0.1) is 5.75 Å². The van der Waals surface area contributed by atoms with Crippen molar-refractivity contribution in [2.75, 3.05) is 5.75 Å². The van der Waals surface area contributed by atoms with Gasteiger partial charge in [-0.25, -0.2) is 4.39 Å². The van der Waals surface area contributed by atoms with Crippen molar-refractivity contribution in [3.05, 3.63) is 71.9 Å². The molecule has 3 rings (SSSR count). The Kier molecular flexibility index (Phi) is 5.22. The summed E-state index contributed by atoms with van der Waals surface area (Å²) in [4.78, 5) is 12.0. The summed E-state index contributed by atoms with van der Waals surface area (Å²) in [7, 11) is 0. The minimum Gasteiger partial charge on any atom is -0.484 e. The maximum atomic E-state index is 12.8. The first kappa shape index (κ1) is 16.2. The average Bonchev–Trinajstić information content (AvgIpc) is 3.08. The van der Waals surface area contributed by atoms with Crippen molar-refractivity contribution in [3.63, 3.8) is 0 Å². The molecule has 122 valence electrons. The van der Waals surface area contributed by atoms with Crippen molar-refractivity contribution in [1.29, 1.82) is 0 Å². The molecule has 0 amide bonds. The molecule has 1 aromatic heterocycles. The molecular formula is C17H13FN2O3S. The molecule has 0 saturated carbocycles. The molecule has 0 bridgehead atoms. The predicted molar refractivity (Wildman–Crippen MR) is 86.5 cm³/mol. The third-order valence-corrected chi connectivity index (χ3v) is 3.87. The summed E-state index contributed by atoms with van der Waals surface area (Å²) in [5.74, 6) is 0.659. The predicted octanol–water partition coefficient (Wildman–Crippen LogP) is 3.76. The molecule has 0 atom stereocenters. The standard InChI is InChI=1S/C17H13FN2O3S/c18-13-6-8-14(9-7-13)22-10-16-19-20-17(23-16)24-11-15(21)12-4-2-1-3-5-12/h1-9H,10-11H2. The number of hydrogen-bond acceptors (Lipinski definition) is 6. The number of halogens is 1. The molecule has 0 aliphatic rings. The number of carbonyl (C=O) groups excluding carboxylic acids is 1. The smallest absolute Gasteiger partial charge is 0.277 e. The van der Waals surface area contributed by atoms with Gasteiger partial charge in [0, 0.05) is 5.56 Å². The second-order valence-corrected chi connectivity index (χ2v) is 5.71. The molecule has 0 fully saturated rings. The number of ether oxygens (including phenoxy) is 1. The average molecular weight is 344 g/mol. The SMILES string of the molecule is O=C(CSc1nnc(COc2ccc(F)cc2)o1)c1ccccc1. The van der Waals surface area contributed by atoms with Gasteiger partial charge in [0.2, 0.25) is 0 Å². The van der Waals surface area contributed by atoms with Crippen LogP contribution in [0.4, 0.5) is 4.39 Å². The summed E-state index contributed by atoms with van der Waals surface area (Å²) in [5.41, 5.74) is 0.643. The van der Waals surface area contributed by atoms with Crippen molar-refractivity contribution in [2.24, 2.45) is 0 Å². The fourth-order valence-electron chi connectivity index (χ4n) is 1.87. The van der Waals surface area contributed by atoms with Crippen LogP contribution in [0.5, 0.6) is 5.75 Å². The van der Waals surface area contributed by atoms with Crippen LogP contribution < -0.4 is 4.74 Å². The highest BCUT2D eigenvalue weighted by atomic mass is 32.2. The Morgan fingerprint density at radius 1 is 1.08 bits per heavy atom. The highest BCUT2D eigenvalue weighted by molar-refractivity contribution is 7.99. The number of thioether (sulfide) groups is 1. The van der Waals surface area contributed by atoms with E-state index in [0.717, 1.165) is 0 Å². The third kappa shape index (κ3) is 4.42. The largest absolute Gasteiger partial charge is 0.484 e. The van der Waals surface area contributed by atoms with Crippen molar-refractivity contribution in [1.82, 2.24) is 10.2 Å². The quantitative estimate of drug-likeness (QED) is 0.480. The number of rotatable bonds is 7. The summed E-state index contributed by atoms with van der Waals surface area (Å²) < 4.78 is 23.6. The van der Waals surface area contributed by atoms with E-state index in [4.69, 9.17) is 9.15 Å². The molecule has 0 radical (unpaired) electrons. The molecule has 2 aromatic carbocycles. The van der Waals surface area contributed by atoms with Crippen molar-refractivity contribution in [2.45, 2.75) is 11.8 Å². The van der Waals surface area contributed by atoms with Crippen LogP contribution in [0.25, 0.3) is 0 Å². The maximum absolute atomic E-state index is 12.8. The molecule has 0 aliphatic heterocycles. The number of ketones is 1. The maximum Gasteiger partial charge on any atom is 0.277 e. The Bertz CT molecular complexity index is 806. The van der Waals surface area contributed by atoms with Crippen LogP contribution in [0.1, 0.15) is 16.2 Å². The second kappa shape index (κ2) is 7.74. The van der Waals surface area contributed by atoms with E-state index in [1.54, 1.807) is 12.1 Å². The number of aromatic nitrogens is 2. The van der Waals surface area contributed by atoms with E-state index in [1.165, 1.54) is 36.0 Å². The van der Waals surface area contributed by atoms with Crippen LogP contribution in [-0.4, -0.2) is 21.7 Å². The molecule has 24 heavy (non-hydrogen) atoms. The zero-order valence-electron chi connectivity index (χ0n) is 12.5. The highest BCUT2D eigenvalue weighted by Crippen LogP contribution is 2.19. The molecule has 0 aliphatic carbocycles. The van der Waals surface area contributed by atoms with Gasteiger partial charge in [0.25, 0.3) is 11.1 Å². The monoisotopic (exact) mass is 344 g/mol. The van der Waals surface area contributed by atoms with E-state index in [2.05, 4.69) is 10.2 Å². The van der Waals surface area contributed by atoms with Crippen LogP contribution in [0.3, 0.4) is 0 Å². The van der Waals surface area contributed by atoms with Crippen molar-refractivity contribution >= 4 is 17.5 Å². The van der Waals surface area contributed by atoms with E-state index in [9.17, 15) is 9.18 Å². The Balaban J connectivity index is 1.50. The second-order valence-electron chi connectivity index (χ2n) is 4.78. The summed E-state index contributed by atoms with van der Waals surface area (Å²) in [6.07, 6.45) is 0. The van der Waals surface area contributed by atoms with Gasteiger partial charge in [-0.05, 0) is 24.3 Å². The highest BCUT2D eigenvalue weighted by Gasteiger charge is 2.11. The van der Waals surface area contributed by atoms with Gasteiger partial charge < -0.3 is 9.15 Å². The van der Waals surface area contributed by atoms with E-state index in [-0.39, 0.29) is 29.9 Å². The Hall–Kier alpha value is -2.67. The third-order valence-electron chi connectivity index (χ3n) is 3.05. The van der Waals surface area contributed by atoms with Gasteiger partial charge in [-0.15, -0.1) is 10.2 Å². The number of hydrogen-bond donors (Lipinski definition) is 0. The van der Waals surface area contributed by atoms with Crippen LogP contribution in [-0.2, 0) is 6.61 Å². The lowest BCUT2D eigenvalue weighted by Gasteiger charge is -2.02. The zero-order valence-corrected chi connectivity index (χ0v) is 13.3. The molecule has 7 heteroatoms. The minimum atomic E-state index is -0.332. The first-order valence-electron chi connectivity index (χ1n) is 7.12. The van der Waals surface area contributed by atoms with E-state index in [1.807, 2.05) is 18.2 Å². The lowest BCUT2D eigenvalue weighted by molar-refractivity contribution is 0.102. The lowest BCUT2D eigenvalue weighted by Crippen LogP contribution is -2.01. The van der Waals surface area contributed by atoms with Crippen LogP contribution in [0, 0.1) is 5.82 Å². The molecule has 3 aromatic rings. The van der Waals surface area contributed by atoms with Gasteiger partial charge in [-0.2, -0.15) is 0 Å². The molecule has 5 nitrogen and oxygen atoms in total. The van der Waals surface area contributed by atoms with Crippen LogP contribution in [0.15, 0.2) is 64.2 Å².